The Morgan fingerprint density at radius 1 is 1.04 bits per heavy atom. The van der Waals surface area contributed by atoms with Crippen LogP contribution in [0.3, 0.4) is 0 Å². The normalized spacial score (nSPS) is 11.0. The molecule has 6 N–H and O–H groups in total. The van der Waals surface area contributed by atoms with E-state index in [1.165, 1.54) is 12.1 Å². The van der Waals surface area contributed by atoms with Gasteiger partial charge < -0.3 is 16.8 Å². The SMILES string of the molecule is NC(=O)Nc1sc(NC(=O)c2cccc(C(F)(F)F)c2)cc1C(N)=O. The van der Waals surface area contributed by atoms with E-state index in [2.05, 4.69) is 10.6 Å². The molecule has 0 atom stereocenters. The minimum Gasteiger partial charge on any atom is -0.366 e. The highest BCUT2D eigenvalue weighted by molar-refractivity contribution is 7.20. The van der Waals surface area contributed by atoms with Gasteiger partial charge >= 0.3 is 12.2 Å². The summed E-state index contributed by atoms with van der Waals surface area (Å²) in [6, 6.07) is 4.07. The molecule has 1 aromatic heterocycles. The van der Waals surface area contributed by atoms with E-state index in [4.69, 9.17) is 11.5 Å². The molecule has 11 heteroatoms. The van der Waals surface area contributed by atoms with Crippen LogP contribution < -0.4 is 22.1 Å². The zero-order valence-corrected chi connectivity index (χ0v) is 13.1. The standard InChI is InChI=1S/C14H11F3N4O3S/c15-14(16,17)7-3-1-2-6(4-7)11(23)20-9-5-8(10(18)22)12(25-9)21-13(19)24/h1-5H,(H2,18,22)(H,20,23)(H3,19,21,24). The second-order valence-corrected chi connectivity index (χ2v) is 5.79. The number of hydrogen-bond donors (Lipinski definition) is 4. The van der Waals surface area contributed by atoms with Crippen LogP contribution in [0.5, 0.6) is 0 Å². The molecule has 0 spiro atoms. The van der Waals surface area contributed by atoms with Gasteiger partial charge in [0.2, 0.25) is 0 Å². The first kappa shape index (κ1) is 18.3. The Labute approximate surface area is 142 Å². The van der Waals surface area contributed by atoms with E-state index < -0.39 is 29.6 Å². The van der Waals surface area contributed by atoms with Gasteiger partial charge in [-0.3, -0.25) is 14.9 Å². The number of rotatable bonds is 4. The highest BCUT2D eigenvalue weighted by Crippen LogP contribution is 2.33. The molecular formula is C14H11F3N4O3S. The average molecular weight is 372 g/mol. The second kappa shape index (κ2) is 6.81. The summed E-state index contributed by atoms with van der Waals surface area (Å²) in [5, 5.41) is 4.62. The van der Waals surface area contributed by atoms with Crippen molar-refractivity contribution in [2.24, 2.45) is 11.5 Å². The molecule has 0 unspecified atom stereocenters. The van der Waals surface area contributed by atoms with Crippen molar-refractivity contribution < 1.29 is 27.6 Å². The summed E-state index contributed by atoms with van der Waals surface area (Å²) in [5.74, 6) is -1.70. The van der Waals surface area contributed by atoms with Crippen molar-refractivity contribution in [3.63, 3.8) is 0 Å². The van der Waals surface area contributed by atoms with Gasteiger partial charge in [0.15, 0.2) is 0 Å². The number of nitrogens with two attached hydrogens (primary N) is 2. The van der Waals surface area contributed by atoms with Crippen LogP contribution in [0.4, 0.5) is 28.0 Å². The largest absolute Gasteiger partial charge is 0.416 e. The van der Waals surface area contributed by atoms with E-state index in [9.17, 15) is 27.6 Å². The van der Waals surface area contributed by atoms with Gasteiger partial charge in [-0.05, 0) is 24.3 Å². The van der Waals surface area contributed by atoms with Crippen LogP contribution in [0.2, 0.25) is 0 Å². The summed E-state index contributed by atoms with van der Waals surface area (Å²) in [6.45, 7) is 0. The number of halogens is 3. The zero-order chi connectivity index (χ0) is 18.8. The third kappa shape index (κ3) is 4.47. The number of alkyl halides is 3. The van der Waals surface area contributed by atoms with Gasteiger partial charge in [-0.1, -0.05) is 17.4 Å². The molecule has 0 aliphatic rings. The monoisotopic (exact) mass is 372 g/mol. The molecule has 2 rings (SSSR count). The fourth-order valence-corrected chi connectivity index (χ4v) is 2.82. The number of urea groups is 1. The first-order chi connectivity index (χ1) is 11.6. The second-order valence-electron chi connectivity index (χ2n) is 4.74. The van der Waals surface area contributed by atoms with Crippen molar-refractivity contribution >= 4 is 39.2 Å². The quantitative estimate of drug-likeness (QED) is 0.659. The molecule has 1 heterocycles. The first-order valence-corrected chi connectivity index (χ1v) is 7.38. The Kier molecular flexibility index (Phi) is 4.97. The first-order valence-electron chi connectivity index (χ1n) is 6.56. The maximum Gasteiger partial charge on any atom is 0.416 e. The van der Waals surface area contributed by atoms with Crippen LogP contribution in [-0.2, 0) is 6.18 Å². The lowest BCUT2D eigenvalue weighted by Gasteiger charge is -2.08. The summed E-state index contributed by atoms with van der Waals surface area (Å²) < 4.78 is 38.1. The van der Waals surface area contributed by atoms with E-state index in [0.29, 0.717) is 6.07 Å². The molecule has 2 aromatic rings. The van der Waals surface area contributed by atoms with E-state index in [1.54, 1.807) is 0 Å². The van der Waals surface area contributed by atoms with Gasteiger partial charge in [0.1, 0.15) is 5.00 Å². The Hall–Kier alpha value is -3.08. The lowest BCUT2D eigenvalue weighted by molar-refractivity contribution is -0.137. The number of primary amides is 2. The Balaban J connectivity index is 2.26. The number of nitrogens with one attached hydrogen (secondary N) is 2. The smallest absolute Gasteiger partial charge is 0.366 e. The zero-order valence-electron chi connectivity index (χ0n) is 12.3. The van der Waals surface area contributed by atoms with Crippen molar-refractivity contribution in [1.29, 1.82) is 0 Å². The van der Waals surface area contributed by atoms with Crippen LogP contribution in [-0.4, -0.2) is 17.8 Å². The van der Waals surface area contributed by atoms with Gasteiger partial charge in [-0.25, -0.2) is 4.79 Å². The Bertz CT molecular complexity index is 848. The molecule has 0 aliphatic heterocycles. The predicted molar refractivity (Wildman–Crippen MR) is 85.4 cm³/mol. The number of amides is 4. The van der Waals surface area contributed by atoms with E-state index in [-0.39, 0.29) is 21.1 Å². The lowest BCUT2D eigenvalue weighted by Crippen LogP contribution is -2.21. The van der Waals surface area contributed by atoms with Crippen LogP contribution in [0.1, 0.15) is 26.3 Å². The molecule has 132 valence electrons. The number of benzene rings is 1. The average Bonchev–Trinajstić information content (AvgIpc) is 2.88. The van der Waals surface area contributed by atoms with Crippen molar-refractivity contribution in [3.05, 3.63) is 47.0 Å². The fourth-order valence-electron chi connectivity index (χ4n) is 1.86. The van der Waals surface area contributed by atoms with Gasteiger partial charge in [0, 0.05) is 5.56 Å². The Morgan fingerprint density at radius 3 is 2.28 bits per heavy atom. The maximum atomic E-state index is 12.7. The number of hydrogen-bond acceptors (Lipinski definition) is 4. The molecule has 0 fully saturated rings. The minimum absolute atomic E-state index is 0.0133. The molecule has 0 saturated heterocycles. The van der Waals surface area contributed by atoms with Crippen LogP contribution in [0.15, 0.2) is 30.3 Å². The predicted octanol–water partition coefficient (Wildman–Crippen LogP) is 2.61. The summed E-state index contributed by atoms with van der Waals surface area (Å²) in [5.41, 5.74) is 8.82. The van der Waals surface area contributed by atoms with Crippen molar-refractivity contribution in [2.75, 3.05) is 10.6 Å². The van der Waals surface area contributed by atoms with Crippen LogP contribution >= 0.6 is 11.3 Å². The molecule has 4 amide bonds. The van der Waals surface area contributed by atoms with E-state index >= 15 is 0 Å². The number of anilines is 2. The topological polar surface area (TPSA) is 127 Å². The van der Waals surface area contributed by atoms with Crippen molar-refractivity contribution in [1.82, 2.24) is 0 Å². The number of thiophene rings is 1. The third-order valence-electron chi connectivity index (χ3n) is 2.92. The molecule has 25 heavy (non-hydrogen) atoms. The van der Waals surface area contributed by atoms with Crippen LogP contribution in [0.25, 0.3) is 0 Å². The highest BCUT2D eigenvalue weighted by atomic mass is 32.1. The summed E-state index contributed by atoms with van der Waals surface area (Å²) in [6.07, 6.45) is -4.59. The van der Waals surface area contributed by atoms with Crippen molar-refractivity contribution in [3.8, 4) is 0 Å². The molecular weight excluding hydrogens is 361 g/mol. The fraction of sp³-hybridized carbons (Fsp3) is 0.0714. The van der Waals surface area contributed by atoms with E-state index in [1.807, 2.05) is 0 Å². The van der Waals surface area contributed by atoms with E-state index in [0.717, 1.165) is 23.5 Å². The molecule has 0 radical (unpaired) electrons. The molecule has 0 bridgehead atoms. The highest BCUT2D eigenvalue weighted by Gasteiger charge is 2.31. The molecule has 1 aromatic carbocycles. The molecule has 0 aliphatic carbocycles. The summed E-state index contributed by atoms with van der Waals surface area (Å²) in [4.78, 5) is 34.3. The molecule has 7 nitrogen and oxygen atoms in total. The van der Waals surface area contributed by atoms with Gasteiger partial charge in [0.25, 0.3) is 11.8 Å². The molecule has 0 saturated carbocycles. The van der Waals surface area contributed by atoms with Gasteiger partial charge in [-0.2, -0.15) is 13.2 Å². The number of carbonyl (C=O) groups is 3. The third-order valence-corrected chi connectivity index (χ3v) is 3.89. The van der Waals surface area contributed by atoms with Crippen LogP contribution in [0, 0.1) is 0 Å². The van der Waals surface area contributed by atoms with Crippen molar-refractivity contribution in [2.45, 2.75) is 6.18 Å². The minimum atomic E-state index is -4.59. The Morgan fingerprint density at radius 2 is 1.72 bits per heavy atom. The van der Waals surface area contributed by atoms with Gasteiger partial charge in [-0.15, -0.1) is 0 Å². The van der Waals surface area contributed by atoms with Gasteiger partial charge in [0.05, 0.1) is 16.1 Å². The number of carbonyl (C=O) groups excluding carboxylic acids is 3. The summed E-state index contributed by atoms with van der Waals surface area (Å²) >= 11 is 0.782. The maximum absolute atomic E-state index is 12.7. The summed E-state index contributed by atoms with van der Waals surface area (Å²) in [7, 11) is 0. The lowest BCUT2D eigenvalue weighted by atomic mass is 10.1.